The van der Waals surface area contributed by atoms with E-state index >= 15 is 0 Å². The van der Waals surface area contributed by atoms with Gasteiger partial charge < -0.3 is 16.2 Å². The Hall–Kier alpha value is -1.76. The van der Waals surface area contributed by atoms with Gasteiger partial charge in [-0.15, -0.1) is 0 Å². The third-order valence-electron chi connectivity index (χ3n) is 3.17. The summed E-state index contributed by atoms with van der Waals surface area (Å²) < 4.78 is 29.4. The van der Waals surface area contributed by atoms with Gasteiger partial charge >= 0.3 is 6.09 Å². The molecule has 0 aliphatic carbocycles. The number of hydrogen-bond acceptors (Lipinski definition) is 5. The normalized spacial score (nSPS) is 12.1. The zero-order chi connectivity index (χ0) is 16.3. The minimum Gasteiger partial charge on any atom is -0.444 e. The summed E-state index contributed by atoms with van der Waals surface area (Å²) in [7, 11) is -3.38. The summed E-state index contributed by atoms with van der Waals surface area (Å²) in [5.41, 5.74) is 11.2. The number of sulfone groups is 1. The van der Waals surface area contributed by atoms with Crippen LogP contribution in [0.2, 0.25) is 0 Å². The second-order valence-corrected chi connectivity index (χ2v) is 7.73. The maximum Gasteiger partial charge on any atom is 0.405 e. The number of anilines is 1. The molecule has 0 radical (unpaired) electrons. The van der Waals surface area contributed by atoms with E-state index in [2.05, 4.69) is 0 Å². The molecule has 0 saturated carbocycles. The van der Waals surface area contributed by atoms with Gasteiger partial charge in [-0.2, -0.15) is 0 Å². The minimum atomic E-state index is -3.38. The average Bonchev–Trinajstić information content (AvgIpc) is 2.30. The number of carbonyl (C=O) groups is 1. The van der Waals surface area contributed by atoms with Crippen molar-refractivity contribution in [2.45, 2.75) is 44.1 Å². The topological polar surface area (TPSA) is 112 Å². The second kappa shape index (κ2) is 6.34. The van der Waals surface area contributed by atoms with Gasteiger partial charge in [0, 0.05) is 5.69 Å². The smallest absolute Gasteiger partial charge is 0.405 e. The molecule has 4 N–H and O–H groups in total. The molecule has 1 aromatic rings. The predicted octanol–water partition coefficient (Wildman–Crippen LogP) is 2.01. The van der Waals surface area contributed by atoms with Crippen molar-refractivity contribution in [2.24, 2.45) is 5.73 Å². The number of nitrogen functional groups attached to an aromatic ring is 1. The Labute approximate surface area is 125 Å². The molecule has 0 unspecified atom stereocenters. The molecule has 0 aliphatic rings. The van der Waals surface area contributed by atoms with Gasteiger partial charge in [0.2, 0.25) is 0 Å². The molecule has 0 fully saturated rings. The van der Waals surface area contributed by atoms with Crippen molar-refractivity contribution in [2.75, 3.05) is 11.5 Å². The Morgan fingerprint density at radius 2 is 1.95 bits per heavy atom. The molecular weight excluding hydrogens is 292 g/mol. The molecule has 0 atom stereocenters. The van der Waals surface area contributed by atoms with Gasteiger partial charge in [-0.3, -0.25) is 0 Å². The number of benzene rings is 1. The van der Waals surface area contributed by atoms with Crippen molar-refractivity contribution in [3.05, 3.63) is 23.8 Å². The van der Waals surface area contributed by atoms with Crippen molar-refractivity contribution in [3.63, 3.8) is 0 Å². The zero-order valence-corrected chi connectivity index (χ0v) is 13.4. The Bertz CT molecular complexity index is 624. The van der Waals surface area contributed by atoms with E-state index in [0.717, 1.165) is 5.56 Å². The first-order valence-electron chi connectivity index (χ1n) is 6.61. The fraction of sp³-hybridized carbons (Fsp3) is 0.500. The molecule has 0 saturated heterocycles. The Morgan fingerprint density at radius 3 is 2.48 bits per heavy atom. The standard InChI is InChI=1S/C14H22N2O4S/c1-10-9-11(5-6-12(10)15)21(18,19)8-4-7-14(2,3)20-13(16)17/h5-6,9H,4,7-8,15H2,1-3H3,(H2,16,17). The van der Waals surface area contributed by atoms with Gasteiger partial charge in [0.25, 0.3) is 0 Å². The van der Waals surface area contributed by atoms with E-state index in [0.29, 0.717) is 18.5 Å². The summed E-state index contributed by atoms with van der Waals surface area (Å²) in [5, 5.41) is 0. The van der Waals surface area contributed by atoms with Crippen molar-refractivity contribution in [1.29, 1.82) is 0 Å². The highest BCUT2D eigenvalue weighted by Crippen LogP contribution is 2.21. The van der Waals surface area contributed by atoms with E-state index in [9.17, 15) is 13.2 Å². The number of aryl methyl sites for hydroxylation is 1. The number of amides is 1. The first-order chi connectivity index (χ1) is 9.53. The largest absolute Gasteiger partial charge is 0.444 e. The number of carbonyl (C=O) groups excluding carboxylic acids is 1. The number of primary amides is 1. The number of ether oxygens (including phenoxy) is 1. The van der Waals surface area contributed by atoms with Crippen LogP contribution in [-0.4, -0.2) is 25.9 Å². The number of hydrogen-bond donors (Lipinski definition) is 2. The molecule has 1 aromatic carbocycles. The van der Waals surface area contributed by atoms with E-state index in [1.165, 1.54) is 6.07 Å². The summed E-state index contributed by atoms with van der Waals surface area (Å²) in [4.78, 5) is 11.0. The molecule has 1 rings (SSSR count). The van der Waals surface area contributed by atoms with E-state index in [1.54, 1.807) is 32.9 Å². The van der Waals surface area contributed by atoms with E-state index in [4.69, 9.17) is 16.2 Å². The first kappa shape index (κ1) is 17.3. The van der Waals surface area contributed by atoms with Crippen molar-refractivity contribution >= 4 is 21.6 Å². The van der Waals surface area contributed by atoms with Gasteiger partial charge in [-0.1, -0.05) is 0 Å². The molecule has 0 bridgehead atoms. The quantitative estimate of drug-likeness (QED) is 0.780. The fourth-order valence-corrected chi connectivity index (χ4v) is 3.36. The van der Waals surface area contributed by atoms with Gasteiger partial charge in [0.15, 0.2) is 9.84 Å². The first-order valence-corrected chi connectivity index (χ1v) is 8.26. The molecule has 118 valence electrons. The van der Waals surface area contributed by atoms with Crippen molar-refractivity contribution in [1.82, 2.24) is 0 Å². The molecule has 7 heteroatoms. The van der Waals surface area contributed by atoms with Crippen LogP contribution >= 0.6 is 0 Å². The lowest BCUT2D eigenvalue weighted by Gasteiger charge is -2.23. The fourth-order valence-electron chi connectivity index (χ4n) is 1.97. The Morgan fingerprint density at radius 1 is 1.33 bits per heavy atom. The molecule has 6 nitrogen and oxygen atoms in total. The van der Waals surface area contributed by atoms with E-state index in [-0.39, 0.29) is 10.6 Å². The second-order valence-electron chi connectivity index (χ2n) is 5.62. The van der Waals surface area contributed by atoms with Gasteiger partial charge in [0.05, 0.1) is 10.6 Å². The van der Waals surface area contributed by atoms with Crippen LogP contribution in [0.1, 0.15) is 32.3 Å². The summed E-state index contributed by atoms with van der Waals surface area (Å²) in [6.07, 6.45) is -0.0909. The SMILES string of the molecule is Cc1cc(S(=O)(=O)CCCC(C)(C)OC(N)=O)ccc1N. The van der Waals surface area contributed by atoms with Crippen molar-refractivity contribution in [3.8, 4) is 0 Å². The van der Waals surface area contributed by atoms with Gasteiger partial charge in [-0.05, 0) is 57.4 Å². The summed E-state index contributed by atoms with van der Waals surface area (Å²) in [6, 6.07) is 4.65. The maximum atomic E-state index is 12.2. The van der Waals surface area contributed by atoms with Crippen LogP contribution in [0.3, 0.4) is 0 Å². The van der Waals surface area contributed by atoms with E-state index in [1.807, 2.05) is 0 Å². The molecule has 0 aliphatic heterocycles. The van der Waals surface area contributed by atoms with Crippen LogP contribution in [0.15, 0.2) is 23.1 Å². The summed E-state index contributed by atoms with van der Waals surface area (Å²) in [6.45, 7) is 5.15. The lowest BCUT2D eigenvalue weighted by Crippen LogP contribution is -2.31. The highest BCUT2D eigenvalue weighted by molar-refractivity contribution is 7.91. The number of nitrogens with two attached hydrogens (primary N) is 2. The Kier molecular flexibility index (Phi) is 5.22. The van der Waals surface area contributed by atoms with Crippen LogP contribution in [0.4, 0.5) is 10.5 Å². The summed E-state index contributed by atoms with van der Waals surface area (Å²) >= 11 is 0. The Balaban J connectivity index is 2.69. The molecule has 0 aromatic heterocycles. The highest BCUT2D eigenvalue weighted by atomic mass is 32.2. The van der Waals surface area contributed by atoms with Crippen LogP contribution in [0, 0.1) is 6.92 Å². The molecule has 21 heavy (non-hydrogen) atoms. The van der Waals surface area contributed by atoms with Crippen molar-refractivity contribution < 1.29 is 17.9 Å². The predicted molar refractivity (Wildman–Crippen MR) is 81.6 cm³/mol. The molecule has 0 spiro atoms. The average molecular weight is 314 g/mol. The van der Waals surface area contributed by atoms with Crippen LogP contribution in [0.25, 0.3) is 0 Å². The summed E-state index contributed by atoms with van der Waals surface area (Å²) in [5.74, 6) is -0.0259. The van der Waals surface area contributed by atoms with Gasteiger partial charge in [-0.25, -0.2) is 13.2 Å². The monoisotopic (exact) mass is 314 g/mol. The third-order valence-corrected chi connectivity index (χ3v) is 4.97. The molecular formula is C14H22N2O4S. The lowest BCUT2D eigenvalue weighted by atomic mass is 10.0. The third kappa shape index (κ3) is 5.26. The number of rotatable bonds is 6. The van der Waals surface area contributed by atoms with Crippen LogP contribution in [-0.2, 0) is 14.6 Å². The van der Waals surface area contributed by atoms with E-state index < -0.39 is 21.5 Å². The maximum absolute atomic E-state index is 12.2. The van der Waals surface area contributed by atoms with Crippen LogP contribution in [0.5, 0.6) is 0 Å². The highest BCUT2D eigenvalue weighted by Gasteiger charge is 2.23. The molecule has 0 heterocycles. The van der Waals surface area contributed by atoms with Gasteiger partial charge in [0.1, 0.15) is 5.60 Å². The lowest BCUT2D eigenvalue weighted by molar-refractivity contribution is 0.0388. The zero-order valence-electron chi connectivity index (χ0n) is 12.5. The minimum absolute atomic E-state index is 0.0259. The van der Waals surface area contributed by atoms with Crippen LogP contribution < -0.4 is 11.5 Å². The molecule has 1 amide bonds.